The standard InChI is InChI=1S/C16H15FN2O2/c1-21-15-10-13(6-7-14(15)17)19-16(20)8-5-11-3-2-4-12(18)9-11/h2-10H,18H2,1H3,(H,19,20)/b8-5+. The molecule has 0 aromatic heterocycles. The number of carbonyl (C=O) groups excluding carboxylic acids is 1. The number of nitrogens with two attached hydrogens (primary N) is 1. The highest BCUT2D eigenvalue weighted by atomic mass is 19.1. The predicted octanol–water partition coefficient (Wildman–Crippen LogP) is 3.07. The molecule has 0 bridgehead atoms. The van der Waals surface area contributed by atoms with Crippen molar-refractivity contribution >= 4 is 23.4 Å². The van der Waals surface area contributed by atoms with Gasteiger partial charge in [0.15, 0.2) is 11.6 Å². The van der Waals surface area contributed by atoms with Gasteiger partial charge in [-0.1, -0.05) is 12.1 Å². The van der Waals surface area contributed by atoms with Crippen molar-refractivity contribution in [2.24, 2.45) is 0 Å². The van der Waals surface area contributed by atoms with Gasteiger partial charge >= 0.3 is 0 Å². The number of nitrogen functional groups attached to an aromatic ring is 1. The largest absolute Gasteiger partial charge is 0.494 e. The smallest absolute Gasteiger partial charge is 0.248 e. The number of nitrogens with one attached hydrogen (secondary N) is 1. The molecular formula is C16H15FN2O2. The van der Waals surface area contributed by atoms with Crippen LogP contribution < -0.4 is 15.8 Å². The lowest BCUT2D eigenvalue weighted by Gasteiger charge is -2.06. The summed E-state index contributed by atoms with van der Waals surface area (Å²) in [6.45, 7) is 0. The van der Waals surface area contributed by atoms with Crippen molar-refractivity contribution in [1.29, 1.82) is 0 Å². The molecule has 0 unspecified atom stereocenters. The van der Waals surface area contributed by atoms with Gasteiger partial charge in [0.2, 0.25) is 5.91 Å². The predicted molar refractivity (Wildman–Crippen MR) is 81.5 cm³/mol. The van der Waals surface area contributed by atoms with E-state index in [9.17, 15) is 9.18 Å². The van der Waals surface area contributed by atoms with E-state index in [1.807, 2.05) is 6.07 Å². The summed E-state index contributed by atoms with van der Waals surface area (Å²) in [5.41, 5.74) is 7.55. The highest BCUT2D eigenvalue weighted by molar-refractivity contribution is 6.02. The van der Waals surface area contributed by atoms with Crippen LogP contribution in [0.2, 0.25) is 0 Å². The zero-order valence-corrected chi connectivity index (χ0v) is 11.5. The maximum atomic E-state index is 13.3. The van der Waals surface area contributed by atoms with E-state index in [1.54, 1.807) is 24.3 Å². The number of amides is 1. The van der Waals surface area contributed by atoms with E-state index in [-0.39, 0.29) is 11.7 Å². The van der Waals surface area contributed by atoms with Crippen molar-refractivity contribution < 1.29 is 13.9 Å². The second-order valence-electron chi connectivity index (χ2n) is 4.34. The number of hydrogen-bond acceptors (Lipinski definition) is 3. The molecular weight excluding hydrogens is 271 g/mol. The first-order chi connectivity index (χ1) is 10.1. The van der Waals surface area contributed by atoms with Gasteiger partial charge in [-0.2, -0.15) is 0 Å². The van der Waals surface area contributed by atoms with Gasteiger partial charge in [-0.3, -0.25) is 4.79 Å². The maximum Gasteiger partial charge on any atom is 0.248 e. The number of rotatable bonds is 4. The lowest BCUT2D eigenvalue weighted by atomic mass is 10.2. The Kier molecular flexibility index (Phi) is 4.56. The van der Waals surface area contributed by atoms with Gasteiger partial charge < -0.3 is 15.8 Å². The lowest BCUT2D eigenvalue weighted by molar-refractivity contribution is -0.111. The summed E-state index contributed by atoms with van der Waals surface area (Å²) in [6, 6.07) is 11.3. The minimum absolute atomic E-state index is 0.0765. The van der Waals surface area contributed by atoms with Crippen LogP contribution in [0.3, 0.4) is 0 Å². The average Bonchev–Trinajstić information content (AvgIpc) is 2.47. The lowest BCUT2D eigenvalue weighted by Crippen LogP contribution is -2.08. The Morgan fingerprint density at radius 1 is 1.29 bits per heavy atom. The first-order valence-corrected chi connectivity index (χ1v) is 6.26. The van der Waals surface area contributed by atoms with E-state index >= 15 is 0 Å². The molecule has 0 atom stereocenters. The van der Waals surface area contributed by atoms with Gasteiger partial charge in [-0.15, -0.1) is 0 Å². The van der Waals surface area contributed by atoms with Crippen molar-refractivity contribution in [2.75, 3.05) is 18.2 Å². The van der Waals surface area contributed by atoms with Gasteiger partial charge in [0.1, 0.15) is 0 Å². The minimum Gasteiger partial charge on any atom is -0.494 e. The second kappa shape index (κ2) is 6.56. The Bertz CT molecular complexity index is 684. The Hall–Kier alpha value is -2.82. The molecule has 0 aliphatic carbocycles. The molecule has 0 spiro atoms. The molecule has 2 aromatic carbocycles. The highest BCUT2D eigenvalue weighted by Gasteiger charge is 2.04. The number of anilines is 2. The van der Waals surface area contributed by atoms with Crippen molar-refractivity contribution in [3.8, 4) is 5.75 Å². The molecule has 0 saturated heterocycles. The van der Waals surface area contributed by atoms with E-state index in [1.165, 1.54) is 31.4 Å². The average molecular weight is 286 g/mol. The summed E-state index contributed by atoms with van der Waals surface area (Å²) >= 11 is 0. The van der Waals surface area contributed by atoms with Crippen LogP contribution in [0.25, 0.3) is 6.08 Å². The molecule has 21 heavy (non-hydrogen) atoms. The first kappa shape index (κ1) is 14.6. The summed E-state index contributed by atoms with van der Waals surface area (Å²) in [6.07, 6.45) is 3.02. The van der Waals surface area contributed by atoms with Crippen LogP contribution in [0, 0.1) is 5.82 Å². The molecule has 108 valence electrons. The van der Waals surface area contributed by atoms with Crippen LogP contribution in [-0.2, 0) is 4.79 Å². The Labute approximate surface area is 122 Å². The van der Waals surface area contributed by atoms with Crippen LogP contribution in [0.4, 0.5) is 15.8 Å². The summed E-state index contributed by atoms with van der Waals surface area (Å²) in [4.78, 5) is 11.8. The zero-order valence-electron chi connectivity index (χ0n) is 11.5. The Morgan fingerprint density at radius 3 is 2.81 bits per heavy atom. The molecule has 4 nitrogen and oxygen atoms in total. The number of benzene rings is 2. The minimum atomic E-state index is -0.481. The van der Waals surface area contributed by atoms with Crippen LogP contribution >= 0.6 is 0 Å². The summed E-state index contributed by atoms with van der Waals surface area (Å²) < 4.78 is 18.1. The van der Waals surface area contributed by atoms with Crippen LogP contribution in [0.5, 0.6) is 5.75 Å². The monoisotopic (exact) mass is 286 g/mol. The summed E-state index contributed by atoms with van der Waals surface area (Å²) in [7, 11) is 1.36. The molecule has 2 rings (SSSR count). The Morgan fingerprint density at radius 2 is 2.10 bits per heavy atom. The van der Waals surface area contributed by atoms with Crippen LogP contribution in [0.15, 0.2) is 48.5 Å². The molecule has 0 heterocycles. The fourth-order valence-corrected chi connectivity index (χ4v) is 1.76. The molecule has 0 radical (unpaired) electrons. The first-order valence-electron chi connectivity index (χ1n) is 6.26. The van der Waals surface area contributed by atoms with E-state index in [2.05, 4.69) is 5.32 Å². The third-order valence-electron chi connectivity index (χ3n) is 2.76. The van der Waals surface area contributed by atoms with E-state index in [0.717, 1.165) is 5.56 Å². The molecule has 2 aromatic rings. The molecule has 0 saturated carbocycles. The van der Waals surface area contributed by atoms with Crippen molar-refractivity contribution in [3.63, 3.8) is 0 Å². The van der Waals surface area contributed by atoms with Crippen molar-refractivity contribution in [3.05, 3.63) is 59.9 Å². The van der Waals surface area contributed by atoms with Gasteiger partial charge in [0, 0.05) is 23.5 Å². The molecule has 0 aliphatic rings. The van der Waals surface area contributed by atoms with Gasteiger partial charge in [-0.25, -0.2) is 4.39 Å². The third-order valence-corrected chi connectivity index (χ3v) is 2.76. The van der Waals surface area contributed by atoms with E-state index in [0.29, 0.717) is 11.4 Å². The number of hydrogen-bond donors (Lipinski definition) is 2. The number of carbonyl (C=O) groups is 1. The SMILES string of the molecule is COc1cc(NC(=O)/C=C/c2cccc(N)c2)ccc1F. The normalized spacial score (nSPS) is 10.6. The fraction of sp³-hybridized carbons (Fsp3) is 0.0625. The number of methoxy groups -OCH3 is 1. The van der Waals surface area contributed by atoms with Crippen LogP contribution in [-0.4, -0.2) is 13.0 Å². The quantitative estimate of drug-likeness (QED) is 0.670. The van der Waals surface area contributed by atoms with Gasteiger partial charge in [0.05, 0.1) is 7.11 Å². The molecule has 0 aliphatic heterocycles. The second-order valence-corrected chi connectivity index (χ2v) is 4.34. The third kappa shape index (κ3) is 4.07. The van der Waals surface area contributed by atoms with E-state index in [4.69, 9.17) is 10.5 Å². The topological polar surface area (TPSA) is 64.3 Å². The number of ether oxygens (including phenoxy) is 1. The molecule has 0 fully saturated rings. The fourth-order valence-electron chi connectivity index (χ4n) is 1.76. The summed E-state index contributed by atoms with van der Waals surface area (Å²) in [5, 5.41) is 2.63. The number of halogens is 1. The van der Waals surface area contributed by atoms with Gasteiger partial charge in [0.25, 0.3) is 0 Å². The van der Waals surface area contributed by atoms with Gasteiger partial charge in [-0.05, 0) is 35.9 Å². The Balaban J connectivity index is 2.05. The summed E-state index contributed by atoms with van der Waals surface area (Å²) in [5.74, 6) is -0.732. The van der Waals surface area contributed by atoms with Crippen molar-refractivity contribution in [1.82, 2.24) is 0 Å². The molecule has 5 heteroatoms. The van der Waals surface area contributed by atoms with Crippen molar-refractivity contribution in [2.45, 2.75) is 0 Å². The van der Waals surface area contributed by atoms with E-state index < -0.39 is 5.82 Å². The maximum absolute atomic E-state index is 13.3. The van der Waals surface area contributed by atoms with Crippen LogP contribution in [0.1, 0.15) is 5.56 Å². The highest BCUT2D eigenvalue weighted by Crippen LogP contribution is 2.21. The molecule has 3 N–H and O–H groups in total. The zero-order chi connectivity index (χ0) is 15.2. The molecule has 1 amide bonds.